The molecule has 0 fully saturated rings. The van der Waals surface area contributed by atoms with Crippen LogP contribution >= 0.6 is 0 Å². The summed E-state index contributed by atoms with van der Waals surface area (Å²) in [6, 6.07) is 10.8. The Morgan fingerprint density at radius 2 is 1.76 bits per heavy atom. The number of carbonyl (C=O) groups excluding carboxylic acids is 2. The van der Waals surface area contributed by atoms with Crippen LogP contribution in [0, 0.1) is 5.82 Å². The van der Waals surface area contributed by atoms with Crippen molar-refractivity contribution in [3.05, 3.63) is 65.0 Å². The first-order valence-corrected chi connectivity index (χ1v) is 10.1. The molecule has 0 atom stereocenters. The number of methoxy groups -OCH3 is 1. The second-order valence-corrected chi connectivity index (χ2v) is 7.66. The molecule has 9 heteroatoms. The lowest BCUT2D eigenvalue weighted by Crippen LogP contribution is -2.20. The summed E-state index contributed by atoms with van der Waals surface area (Å²) in [4.78, 5) is 27.5. The summed E-state index contributed by atoms with van der Waals surface area (Å²) in [5, 5.41) is 21.0. The minimum Gasteiger partial charge on any atom is -0.494 e. The Balaban J connectivity index is 2.17. The molecule has 1 heterocycles. The van der Waals surface area contributed by atoms with Gasteiger partial charge in [-0.25, -0.2) is 4.39 Å². The SMILES string of the molecule is COc1ccc(-c2cc3c([nH]c4ccc(C(N)=O)cc43)c(C(N)=O)c2C(CO)CO)cc1F. The normalized spacial score (nSPS) is 11.4. The molecule has 170 valence electrons. The quantitative estimate of drug-likeness (QED) is 0.292. The minimum atomic E-state index is -0.857. The number of aliphatic hydroxyl groups is 2. The van der Waals surface area contributed by atoms with E-state index in [1.54, 1.807) is 30.3 Å². The fourth-order valence-corrected chi connectivity index (χ4v) is 4.20. The van der Waals surface area contributed by atoms with Crippen molar-refractivity contribution in [3.63, 3.8) is 0 Å². The monoisotopic (exact) mass is 451 g/mol. The number of carbonyl (C=O) groups is 2. The number of rotatable bonds is 7. The number of amides is 2. The van der Waals surface area contributed by atoms with Gasteiger partial charge in [0, 0.05) is 27.8 Å². The number of halogens is 1. The maximum atomic E-state index is 14.6. The van der Waals surface area contributed by atoms with Crippen LogP contribution in [0.4, 0.5) is 4.39 Å². The first kappa shape index (κ1) is 22.3. The van der Waals surface area contributed by atoms with Gasteiger partial charge in [-0.1, -0.05) is 6.07 Å². The molecule has 0 aliphatic carbocycles. The Morgan fingerprint density at radius 1 is 1.03 bits per heavy atom. The van der Waals surface area contributed by atoms with Gasteiger partial charge in [0.05, 0.1) is 31.4 Å². The third kappa shape index (κ3) is 3.67. The summed E-state index contributed by atoms with van der Waals surface area (Å²) in [5.74, 6) is -2.85. The number of aliphatic hydroxyl groups excluding tert-OH is 2. The Kier molecular flexibility index (Phi) is 5.75. The first-order chi connectivity index (χ1) is 15.8. The van der Waals surface area contributed by atoms with Gasteiger partial charge in [-0.05, 0) is 53.1 Å². The number of nitrogens with two attached hydrogens (primary N) is 2. The molecule has 4 rings (SSSR count). The lowest BCUT2D eigenvalue weighted by molar-refractivity contribution is 0.0991. The van der Waals surface area contributed by atoms with E-state index in [1.165, 1.54) is 19.2 Å². The van der Waals surface area contributed by atoms with E-state index >= 15 is 0 Å². The zero-order valence-corrected chi connectivity index (χ0v) is 17.7. The van der Waals surface area contributed by atoms with Gasteiger partial charge >= 0.3 is 0 Å². The van der Waals surface area contributed by atoms with Crippen LogP contribution in [0.25, 0.3) is 32.9 Å². The van der Waals surface area contributed by atoms with Crippen LogP contribution in [0.3, 0.4) is 0 Å². The predicted octanol–water partition coefficient (Wildman–Crippen LogP) is 2.40. The van der Waals surface area contributed by atoms with Crippen molar-refractivity contribution < 1.29 is 28.9 Å². The molecule has 7 N–H and O–H groups in total. The van der Waals surface area contributed by atoms with E-state index in [1.807, 2.05) is 0 Å². The average molecular weight is 451 g/mol. The number of hydrogen-bond donors (Lipinski definition) is 5. The molecule has 0 spiro atoms. The number of aromatic nitrogens is 1. The molecule has 1 aromatic heterocycles. The zero-order chi connectivity index (χ0) is 23.9. The molecular formula is C24H22FN3O5. The Morgan fingerprint density at radius 3 is 2.33 bits per heavy atom. The number of aromatic amines is 1. The maximum absolute atomic E-state index is 14.6. The number of fused-ring (bicyclic) bond motifs is 3. The predicted molar refractivity (Wildman–Crippen MR) is 122 cm³/mol. The van der Waals surface area contributed by atoms with Gasteiger partial charge in [0.1, 0.15) is 0 Å². The highest BCUT2D eigenvalue weighted by Gasteiger charge is 2.27. The van der Waals surface area contributed by atoms with Gasteiger partial charge in [-0.15, -0.1) is 0 Å². The lowest BCUT2D eigenvalue weighted by atomic mass is 9.85. The molecule has 0 saturated heterocycles. The topological polar surface area (TPSA) is 152 Å². The van der Waals surface area contributed by atoms with Crippen molar-refractivity contribution in [3.8, 4) is 16.9 Å². The van der Waals surface area contributed by atoms with E-state index in [0.717, 1.165) is 0 Å². The van der Waals surface area contributed by atoms with Crippen LogP contribution in [-0.4, -0.2) is 47.3 Å². The number of primary amides is 2. The van der Waals surface area contributed by atoms with Crippen molar-refractivity contribution >= 4 is 33.6 Å². The second-order valence-electron chi connectivity index (χ2n) is 7.66. The van der Waals surface area contributed by atoms with Gasteiger partial charge in [-0.3, -0.25) is 9.59 Å². The fourth-order valence-electron chi connectivity index (χ4n) is 4.20. The lowest BCUT2D eigenvalue weighted by Gasteiger charge is -2.21. The van der Waals surface area contributed by atoms with E-state index in [4.69, 9.17) is 16.2 Å². The van der Waals surface area contributed by atoms with E-state index in [-0.39, 0.29) is 22.4 Å². The van der Waals surface area contributed by atoms with Gasteiger partial charge in [0.2, 0.25) is 5.91 Å². The van der Waals surface area contributed by atoms with Crippen LogP contribution in [-0.2, 0) is 0 Å². The highest BCUT2D eigenvalue weighted by Crippen LogP contribution is 2.40. The van der Waals surface area contributed by atoms with Crippen molar-refractivity contribution in [2.45, 2.75) is 5.92 Å². The summed E-state index contributed by atoms with van der Waals surface area (Å²) < 4.78 is 19.6. The van der Waals surface area contributed by atoms with Crippen LogP contribution in [0.15, 0.2) is 42.5 Å². The Bertz CT molecular complexity index is 1410. The highest BCUT2D eigenvalue weighted by atomic mass is 19.1. The average Bonchev–Trinajstić information content (AvgIpc) is 3.16. The molecule has 3 aromatic carbocycles. The third-order valence-electron chi connectivity index (χ3n) is 5.78. The molecule has 0 radical (unpaired) electrons. The van der Waals surface area contributed by atoms with Crippen molar-refractivity contribution in [2.75, 3.05) is 20.3 Å². The zero-order valence-electron chi connectivity index (χ0n) is 17.7. The van der Waals surface area contributed by atoms with Gasteiger partial charge in [0.25, 0.3) is 5.91 Å². The number of ether oxygens (including phenoxy) is 1. The molecule has 0 bridgehead atoms. The Hall–Kier alpha value is -3.95. The largest absolute Gasteiger partial charge is 0.494 e. The molecule has 8 nitrogen and oxygen atoms in total. The van der Waals surface area contributed by atoms with Crippen LogP contribution < -0.4 is 16.2 Å². The maximum Gasteiger partial charge on any atom is 0.251 e. The van der Waals surface area contributed by atoms with Gasteiger partial charge in [-0.2, -0.15) is 0 Å². The van der Waals surface area contributed by atoms with Gasteiger partial charge < -0.3 is 31.4 Å². The van der Waals surface area contributed by atoms with E-state index < -0.39 is 36.8 Å². The second kappa shape index (κ2) is 8.53. The summed E-state index contributed by atoms with van der Waals surface area (Å²) in [7, 11) is 1.34. The molecule has 0 unspecified atom stereocenters. The number of nitrogens with one attached hydrogen (secondary N) is 1. The Labute approximate surface area is 187 Å². The molecule has 4 aromatic rings. The molecule has 2 amide bonds. The smallest absolute Gasteiger partial charge is 0.251 e. The molecule has 0 aliphatic rings. The van der Waals surface area contributed by atoms with E-state index in [0.29, 0.717) is 32.9 Å². The summed E-state index contributed by atoms with van der Waals surface area (Å²) >= 11 is 0. The van der Waals surface area contributed by atoms with Gasteiger partial charge in [0.15, 0.2) is 11.6 Å². The number of H-pyrrole nitrogens is 1. The molecule has 33 heavy (non-hydrogen) atoms. The van der Waals surface area contributed by atoms with Crippen molar-refractivity contribution in [1.82, 2.24) is 4.98 Å². The first-order valence-electron chi connectivity index (χ1n) is 10.1. The molecule has 0 aliphatic heterocycles. The highest BCUT2D eigenvalue weighted by molar-refractivity contribution is 6.18. The van der Waals surface area contributed by atoms with E-state index in [2.05, 4.69) is 4.98 Å². The number of benzene rings is 3. The standard InChI is InChI=1S/C24H22FN3O5/c1-33-19-5-3-11(7-17(19)25)14-8-16-15-6-12(23(26)31)2-4-18(15)28-22(16)21(24(27)32)20(14)13(9-29)10-30/h2-8,13,28-30H,9-10H2,1H3,(H2,26,31)(H2,27,32). The van der Waals surface area contributed by atoms with Crippen LogP contribution in [0.2, 0.25) is 0 Å². The molecule has 0 saturated carbocycles. The van der Waals surface area contributed by atoms with Crippen LogP contribution in [0.1, 0.15) is 32.2 Å². The minimum absolute atomic E-state index is 0.0376. The van der Waals surface area contributed by atoms with Crippen LogP contribution in [0.5, 0.6) is 5.75 Å². The fraction of sp³-hybridized carbons (Fsp3) is 0.167. The van der Waals surface area contributed by atoms with Crippen molar-refractivity contribution in [1.29, 1.82) is 0 Å². The van der Waals surface area contributed by atoms with Crippen molar-refractivity contribution in [2.24, 2.45) is 11.5 Å². The summed E-state index contributed by atoms with van der Waals surface area (Å²) in [5.41, 5.74) is 13.6. The molecular weight excluding hydrogens is 429 g/mol. The summed E-state index contributed by atoms with van der Waals surface area (Å²) in [6.45, 7) is -0.944. The number of hydrogen-bond acceptors (Lipinski definition) is 5. The third-order valence-corrected chi connectivity index (χ3v) is 5.78. The summed E-state index contributed by atoms with van der Waals surface area (Å²) in [6.07, 6.45) is 0. The van der Waals surface area contributed by atoms with E-state index in [9.17, 15) is 24.2 Å².